The normalized spacial score (nSPS) is 11.2. The lowest BCUT2D eigenvalue weighted by molar-refractivity contribution is -0.139. The number of benzene rings is 1. The number of anilines is 2. The number of carboxylic acid groups (broad SMARTS) is 1. The maximum absolute atomic E-state index is 13.2. The first-order chi connectivity index (χ1) is 9.79. The van der Waals surface area contributed by atoms with Crippen LogP contribution in [0.1, 0.15) is 15.9 Å². The van der Waals surface area contributed by atoms with Gasteiger partial charge in [0.25, 0.3) is 0 Å². The molecular formula is C13H8F4N2O2. The SMILES string of the molecule is O=C(O)c1cccnc1Nc1ccc(F)c(C(F)(F)F)c1. The van der Waals surface area contributed by atoms with Gasteiger partial charge in [0.05, 0.1) is 5.56 Å². The van der Waals surface area contributed by atoms with Crippen LogP contribution < -0.4 is 5.32 Å². The molecule has 4 nitrogen and oxygen atoms in total. The molecule has 0 aliphatic rings. The topological polar surface area (TPSA) is 62.2 Å². The van der Waals surface area contributed by atoms with E-state index < -0.39 is 23.5 Å². The van der Waals surface area contributed by atoms with Crippen LogP contribution in [0.15, 0.2) is 36.5 Å². The zero-order valence-corrected chi connectivity index (χ0v) is 10.3. The maximum atomic E-state index is 13.2. The Kier molecular flexibility index (Phi) is 3.79. The van der Waals surface area contributed by atoms with Crippen molar-refractivity contribution < 1.29 is 27.5 Å². The molecule has 0 saturated heterocycles. The minimum absolute atomic E-state index is 0.120. The molecule has 21 heavy (non-hydrogen) atoms. The Labute approximate surface area is 116 Å². The standard InChI is InChI=1S/C13H8F4N2O2/c14-10-4-3-7(6-9(10)13(15,16)17)19-11-8(12(20)21)2-1-5-18-11/h1-6H,(H,18,19)(H,20,21). The van der Waals surface area contributed by atoms with Gasteiger partial charge in [-0.2, -0.15) is 13.2 Å². The third-order valence-corrected chi connectivity index (χ3v) is 2.57. The highest BCUT2D eigenvalue weighted by Gasteiger charge is 2.34. The third-order valence-electron chi connectivity index (χ3n) is 2.57. The summed E-state index contributed by atoms with van der Waals surface area (Å²) < 4.78 is 50.9. The number of aromatic nitrogens is 1. The summed E-state index contributed by atoms with van der Waals surface area (Å²) in [6, 6.07) is 4.88. The Morgan fingerprint density at radius 2 is 1.95 bits per heavy atom. The van der Waals surface area contributed by atoms with E-state index in [2.05, 4.69) is 10.3 Å². The second-order valence-electron chi connectivity index (χ2n) is 4.02. The van der Waals surface area contributed by atoms with Crippen LogP contribution in [0, 0.1) is 5.82 Å². The van der Waals surface area contributed by atoms with Gasteiger partial charge in [-0.1, -0.05) is 0 Å². The molecule has 0 amide bonds. The van der Waals surface area contributed by atoms with E-state index in [0.29, 0.717) is 12.1 Å². The molecule has 0 radical (unpaired) electrons. The number of hydrogen-bond acceptors (Lipinski definition) is 3. The van der Waals surface area contributed by atoms with Gasteiger partial charge < -0.3 is 10.4 Å². The molecule has 2 N–H and O–H groups in total. The highest BCUT2D eigenvalue weighted by atomic mass is 19.4. The Balaban J connectivity index is 2.40. The van der Waals surface area contributed by atoms with Gasteiger partial charge in [-0.15, -0.1) is 0 Å². The van der Waals surface area contributed by atoms with Crippen LogP contribution in [-0.2, 0) is 6.18 Å². The second kappa shape index (κ2) is 5.39. The third kappa shape index (κ3) is 3.28. The fourth-order valence-electron chi connectivity index (χ4n) is 1.63. The van der Waals surface area contributed by atoms with Crippen LogP contribution in [0.4, 0.5) is 29.1 Å². The number of halogens is 4. The molecule has 0 fully saturated rings. The number of aromatic carboxylic acids is 1. The van der Waals surface area contributed by atoms with Crippen molar-refractivity contribution in [1.29, 1.82) is 0 Å². The minimum atomic E-state index is -4.85. The first kappa shape index (κ1) is 14.8. The van der Waals surface area contributed by atoms with Crippen molar-refractivity contribution in [2.75, 3.05) is 5.32 Å². The van der Waals surface area contributed by atoms with E-state index >= 15 is 0 Å². The van der Waals surface area contributed by atoms with Crippen molar-refractivity contribution in [3.05, 3.63) is 53.5 Å². The highest BCUT2D eigenvalue weighted by Crippen LogP contribution is 2.33. The lowest BCUT2D eigenvalue weighted by Crippen LogP contribution is -2.09. The fourth-order valence-corrected chi connectivity index (χ4v) is 1.63. The van der Waals surface area contributed by atoms with E-state index in [-0.39, 0.29) is 17.1 Å². The van der Waals surface area contributed by atoms with Crippen LogP contribution in [0.5, 0.6) is 0 Å². The largest absolute Gasteiger partial charge is 0.478 e. The lowest BCUT2D eigenvalue weighted by atomic mass is 10.1. The van der Waals surface area contributed by atoms with E-state index in [1.165, 1.54) is 18.3 Å². The van der Waals surface area contributed by atoms with Gasteiger partial charge in [0, 0.05) is 11.9 Å². The first-order valence-electron chi connectivity index (χ1n) is 5.61. The quantitative estimate of drug-likeness (QED) is 0.849. The highest BCUT2D eigenvalue weighted by molar-refractivity contribution is 5.93. The average Bonchev–Trinajstić information content (AvgIpc) is 2.40. The predicted molar refractivity (Wildman–Crippen MR) is 65.9 cm³/mol. The van der Waals surface area contributed by atoms with E-state index in [4.69, 9.17) is 5.11 Å². The molecule has 0 saturated carbocycles. The van der Waals surface area contributed by atoms with Crippen molar-refractivity contribution in [3.8, 4) is 0 Å². The number of nitrogens with zero attached hydrogens (tertiary/aromatic N) is 1. The Morgan fingerprint density at radius 3 is 2.57 bits per heavy atom. The van der Waals surface area contributed by atoms with Gasteiger partial charge in [0.2, 0.25) is 0 Å². The monoisotopic (exact) mass is 300 g/mol. The molecule has 0 spiro atoms. The van der Waals surface area contributed by atoms with E-state index in [0.717, 1.165) is 6.07 Å². The minimum Gasteiger partial charge on any atom is -0.478 e. The summed E-state index contributed by atoms with van der Waals surface area (Å²) in [5, 5.41) is 11.4. The smallest absolute Gasteiger partial charge is 0.419 e. The zero-order chi connectivity index (χ0) is 15.6. The molecule has 0 aliphatic carbocycles. The van der Waals surface area contributed by atoms with Crippen LogP contribution >= 0.6 is 0 Å². The first-order valence-corrected chi connectivity index (χ1v) is 5.61. The van der Waals surface area contributed by atoms with Gasteiger partial charge in [0.1, 0.15) is 17.2 Å². The van der Waals surface area contributed by atoms with Gasteiger partial charge in [0.15, 0.2) is 0 Å². The van der Waals surface area contributed by atoms with E-state index in [1.54, 1.807) is 0 Å². The Bertz CT molecular complexity index is 686. The summed E-state index contributed by atoms with van der Waals surface area (Å²) in [5.41, 5.74) is -1.78. The molecule has 2 rings (SSSR count). The van der Waals surface area contributed by atoms with Crippen LogP contribution in [0.2, 0.25) is 0 Å². The van der Waals surface area contributed by atoms with Crippen LogP contribution in [0.3, 0.4) is 0 Å². The van der Waals surface area contributed by atoms with E-state index in [9.17, 15) is 22.4 Å². The van der Waals surface area contributed by atoms with Gasteiger partial charge >= 0.3 is 12.1 Å². The zero-order valence-electron chi connectivity index (χ0n) is 10.3. The van der Waals surface area contributed by atoms with Crippen LogP contribution in [-0.4, -0.2) is 16.1 Å². The molecule has 1 heterocycles. The van der Waals surface area contributed by atoms with Gasteiger partial charge in [-0.3, -0.25) is 0 Å². The molecule has 1 aromatic heterocycles. The summed E-state index contributed by atoms with van der Waals surface area (Å²) >= 11 is 0. The molecule has 2 aromatic rings. The second-order valence-corrected chi connectivity index (χ2v) is 4.02. The number of hydrogen-bond donors (Lipinski definition) is 2. The number of carbonyl (C=O) groups is 1. The van der Waals surface area contributed by atoms with Crippen molar-refractivity contribution in [1.82, 2.24) is 4.98 Å². The fraction of sp³-hybridized carbons (Fsp3) is 0.0769. The van der Waals surface area contributed by atoms with Crippen molar-refractivity contribution >= 4 is 17.5 Å². The summed E-state index contributed by atoms with van der Waals surface area (Å²) in [6.45, 7) is 0. The predicted octanol–water partition coefficient (Wildman–Crippen LogP) is 3.68. The van der Waals surface area contributed by atoms with Gasteiger partial charge in [-0.25, -0.2) is 14.2 Å². The molecule has 0 atom stereocenters. The van der Waals surface area contributed by atoms with Crippen molar-refractivity contribution in [2.45, 2.75) is 6.18 Å². The Hall–Kier alpha value is -2.64. The number of carboxylic acids is 1. The summed E-state index contributed by atoms with van der Waals surface area (Å²) in [7, 11) is 0. The molecule has 110 valence electrons. The average molecular weight is 300 g/mol. The summed E-state index contributed by atoms with van der Waals surface area (Å²) in [5.74, 6) is -2.83. The molecule has 0 bridgehead atoms. The lowest BCUT2D eigenvalue weighted by Gasteiger charge is -2.12. The molecule has 0 aliphatic heterocycles. The number of nitrogens with one attached hydrogen (secondary N) is 1. The maximum Gasteiger partial charge on any atom is 0.419 e. The van der Waals surface area contributed by atoms with Crippen molar-refractivity contribution in [2.24, 2.45) is 0 Å². The van der Waals surface area contributed by atoms with Crippen molar-refractivity contribution in [3.63, 3.8) is 0 Å². The number of alkyl halides is 3. The molecule has 8 heteroatoms. The summed E-state index contributed by atoms with van der Waals surface area (Å²) in [6.07, 6.45) is -3.56. The Morgan fingerprint density at radius 1 is 1.24 bits per heavy atom. The molecular weight excluding hydrogens is 292 g/mol. The van der Waals surface area contributed by atoms with E-state index in [1.807, 2.05) is 0 Å². The molecule has 1 aromatic carbocycles. The van der Waals surface area contributed by atoms with Crippen LogP contribution in [0.25, 0.3) is 0 Å². The van der Waals surface area contributed by atoms with Gasteiger partial charge in [-0.05, 0) is 30.3 Å². The number of pyridine rings is 1. The number of rotatable bonds is 3. The molecule has 0 unspecified atom stereocenters. The summed E-state index contributed by atoms with van der Waals surface area (Å²) in [4.78, 5) is 14.7.